The molecule has 4 heteroatoms. The van der Waals surface area contributed by atoms with Crippen LogP contribution in [0.4, 0.5) is 4.79 Å². The normalized spacial score (nSPS) is 24.5. The molecule has 0 aliphatic carbocycles. The Morgan fingerprint density at radius 3 is 2.47 bits per heavy atom. The summed E-state index contributed by atoms with van der Waals surface area (Å²) in [5.41, 5.74) is -0.119. The molecule has 0 spiro atoms. The molecule has 0 radical (unpaired) electrons. The quantitative estimate of drug-likeness (QED) is 0.846. The van der Waals surface area contributed by atoms with Crippen molar-refractivity contribution in [3.63, 3.8) is 0 Å². The van der Waals surface area contributed by atoms with Crippen LogP contribution in [-0.2, 0) is 10.3 Å². The lowest BCUT2D eigenvalue weighted by Gasteiger charge is -2.23. The third-order valence-corrected chi connectivity index (χ3v) is 3.82. The SMILES string of the molecule is CCC(C)CN1C(=O)NC(C)(c2ccccc2)C1=O. The van der Waals surface area contributed by atoms with Crippen LogP contribution in [-0.4, -0.2) is 23.4 Å². The van der Waals surface area contributed by atoms with Gasteiger partial charge < -0.3 is 5.32 Å². The molecule has 1 heterocycles. The maximum atomic E-state index is 12.5. The fourth-order valence-corrected chi connectivity index (χ4v) is 2.27. The van der Waals surface area contributed by atoms with Crippen molar-refractivity contribution in [1.82, 2.24) is 10.2 Å². The molecule has 1 aromatic carbocycles. The number of amides is 3. The average Bonchev–Trinajstić information content (AvgIpc) is 2.64. The second-order valence-electron chi connectivity index (χ2n) is 5.35. The Kier molecular flexibility index (Phi) is 3.60. The highest BCUT2D eigenvalue weighted by molar-refractivity contribution is 6.07. The van der Waals surface area contributed by atoms with Crippen molar-refractivity contribution in [1.29, 1.82) is 0 Å². The number of nitrogens with one attached hydrogen (secondary N) is 1. The van der Waals surface area contributed by atoms with Gasteiger partial charge in [-0.3, -0.25) is 9.69 Å². The summed E-state index contributed by atoms with van der Waals surface area (Å²) >= 11 is 0. The molecule has 3 amide bonds. The van der Waals surface area contributed by atoms with E-state index in [1.165, 1.54) is 4.90 Å². The van der Waals surface area contributed by atoms with Gasteiger partial charge in [0.2, 0.25) is 0 Å². The van der Waals surface area contributed by atoms with Crippen molar-refractivity contribution >= 4 is 11.9 Å². The predicted octanol–water partition coefficient (Wildman–Crippen LogP) is 2.50. The number of imide groups is 1. The number of hydrogen-bond acceptors (Lipinski definition) is 2. The summed E-state index contributed by atoms with van der Waals surface area (Å²) in [6.45, 7) is 6.33. The standard InChI is InChI=1S/C15H20N2O2/c1-4-11(2)10-17-13(18)15(3,16-14(17)19)12-8-6-5-7-9-12/h5-9,11H,4,10H2,1-3H3,(H,16,19). The van der Waals surface area contributed by atoms with E-state index >= 15 is 0 Å². The number of hydrogen-bond donors (Lipinski definition) is 1. The molecule has 2 atom stereocenters. The zero-order chi connectivity index (χ0) is 14.0. The third kappa shape index (κ3) is 2.35. The minimum Gasteiger partial charge on any atom is -0.319 e. The minimum absolute atomic E-state index is 0.163. The molecule has 19 heavy (non-hydrogen) atoms. The summed E-state index contributed by atoms with van der Waals surface area (Å²) in [7, 11) is 0. The monoisotopic (exact) mass is 260 g/mol. The van der Waals surface area contributed by atoms with E-state index in [9.17, 15) is 9.59 Å². The summed E-state index contributed by atoms with van der Waals surface area (Å²) in [5.74, 6) is 0.150. The van der Waals surface area contributed by atoms with Crippen molar-refractivity contribution in [3.05, 3.63) is 35.9 Å². The van der Waals surface area contributed by atoms with E-state index in [-0.39, 0.29) is 11.9 Å². The smallest absolute Gasteiger partial charge is 0.319 e. The minimum atomic E-state index is -0.939. The van der Waals surface area contributed by atoms with Gasteiger partial charge in [0.05, 0.1) is 0 Å². The van der Waals surface area contributed by atoms with Gasteiger partial charge in [-0.15, -0.1) is 0 Å². The Balaban J connectivity index is 2.27. The summed E-state index contributed by atoms with van der Waals surface area (Å²) in [6.07, 6.45) is 0.944. The molecule has 1 aliphatic heterocycles. The number of carbonyl (C=O) groups excluding carboxylic acids is 2. The molecule has 1 fully saturated rings. The lowest BCUT2D eigenvalue weighted by molar-refractivity contribution is -0.131. The second-order valence-corrected chi connectivity index (χ2v) is 5.35. The number of urea groups is 1. The van der Waals surface area contributed by atoms with E-state index in [1.807, 2.05) is 37.3 Å². The number of carbonyl (C=O) groups is 2. The molecule has 4 nitrogen and oxygen atoms in total. The first-order valence-corrected chi connectivity index (χ1v) is 6.68. The first-order valence-electron chi connectivity index (χ1n) is 6.68. The first-order chi connectivity index (χ1) is 8.99. The van der Waals surface area contributed by atoms with Gasteiger partial charge in [-0.1, -0.05) is 50.6 Å². The van der Waals surface area contributed by atoms with Crippen LogP contribution < -0.4 is 5.32 Å². The lowest BCUT2D eigenvalue weighted by Crippen LogP contribution is -2.41. The summed E-state index contributed by atoms with van der Waals surface area (Å²) in [6, 6.07) is 9.08. The van der Waals surface area contributed by atoms with Crippen LogP contribution in [0.2, 0.25) is 0 Å². The van der Waals surface area contributed by atoms with E-state index in [1.54, 1.807) is 6.92 Å². The molecule has 0 saturated carbocycles. The van der Waals surface area contributed by atoms with Gasteiger partial charge in [0.25, 0.3) is 5.91 Å². The molecule has 2 rings (SSSR count). The Labute approximate surface area is 113 Å². The second kappa shape index (κ2) is 5.03. The summed E-state index contributed by atoms with van der Waals surface area (Å²) < 4.78 is 0. The van der Waals surface area contributed by atoms with Crippen LogP contribution >= 0.6 is 0 Å². The first kappa shape index (κ1) is 13.6. The Morgan fingerprint density at radius 2 is 1.89 bits per heavy atom. The van der Waals surface area contributed by atoms with Crippen molar-refractivity contribution in [3.8, 4) is 0 Å². The third-order valence-electron chi connectivity index (χ3n) is 3.82. The number of nitrogens with zero attached hydrogens (tertiary/aromatic N) is 1. The number of benzene rings is 1. The maximum Gasteiger partial charge on any atom is 0.325 e. The molecule has 0 bridgehead atoms. The Bertz CT molecular complexity index is 486. The molecule has 1 N–H and O–H groups in total. The van der Waals surface area contributed by atoms with Crippen molar-refractivity contribution in [2.45, 2.75) is 32.7 Å². The molecule has 102 valence electrons. The van der Waals surface area contributed by atoms with Crippen molar-refractivity contribution in [2.24, 2.45) is 5.92 Å². The van der Waals surface area contributed by atoms with Gasteiger partial charge in [0.1, 0.15) is 5.54 Å². The zero-order valence-corrected chi connectivity index (χ0v) is 11.6. The topological polar surface area (TPSA) is 49.4 Å². The molecule has 1 aromatic rings. The van der Waals surface area contributed by atoms with Gasteiger partial charge in [-0.05, 0) is 18.4 Å². The van der Waals surface area contributed by atoms with Crippen molar-refractivity contribution in [2.75, 3.05) is 6.54 Å². The highest BCUT2D eigenvalue weighted by Crippen LogP contribution is 2.29. The molecule has 0 aromatic heterocycles. The lowest BCUT2D eigenvalue weighted by atomic mass is 9.92. The molecule has 1 saturated heterocycles. The molecule has 1 aliphatic rings. The van der Waals surface area contributed by atoms with Crippen LogP contribution in [0.1, 0.15) is 32.8 Å². The summed E-state index contributed by atoms with van der Waals surface area (Å²) in [5, 5.41) is 2.81. The predicted molar refractivity (Wildman–Crippen MR) is 73.5 cm³/mol. The van der Waals surface area contributed by atoms with Crippen LogP contribution in [0, 0.1) is 5.92 Å². The van der Waals surface area contributed by atoms with Gasteiger partial charge >= 0.3 is 6.03 Å². The van der Waals surface area contributed by atoms with Gasteiger partial charge in [-0.25, -0.2) is 4.79 Å². The van der Waals surface area contributed by atoms with Gasteiger partial charge in [0, 0.05) is 6.54 Å². The maximum absolute atomic E-state index is 12.5. The van der Waals surface area contributed by atoms with E-state index in [4.69, 9.17) is 0 Å². The van der Waals surface area contributed by atoms with E-state index < -0.39 is 5.54 Å². The zero-order valence-electron chi connectivity index (χ0n) is 11.6. The number of rotatable bonds is 4. The van der Waals surface area contributed by atoms with Crippen LogP contribution in [0.25, 0.3) is 0 Å². The molecule has 2 unspecified atom stereocenters. The highest BCUT2D eigenvalue weighted by Gasteiger charge is 2.48. The van der Waals surface area contributed by atoms with Crippen LogP contribution in [0.3, 0.4) is 0 Å². The fraction of sp³-hybridized carbons (Fsp3) is 0.467. The van der Waals surface area contributed by atoms with Crippen LogP contribution in [0.5, 0.6) is 0 Å². The van der Waals surface area contributed by atoms with Crippen molar-refractivity contribution < 1.29 is 9.59 Å². The highest BCUT2D eigenvalue weighted by atomic mass is 16.2. The largest absolute Gasteiger partial charge is 0.325 e. The average molecular weight is 260 g/mol. The van der Waals surface area contributed by atoms with E-state index in [2.05, 4.69) is 12.2 Å². The molecular formula is C15H20N2O2. The van der Waals surface area contributed by atoms with Gasteiger partial charge in [-0.2, -0.15) is 0 Å². The Hall–Kier alpha value is -1.84. The Morgan fingerprint density at radius 1 is 1.26 bits per heavy atom. The summed E-state index contributed by atoms with van der Waals surface area (Å²) in [4.78, 5) is 25.9. The van der Waals surface area contributed by atoms with E-state index in [0.717, 1.165) is 12.0 Å². The van der Waals surface area contributed by atoms with E-state index in [0.29, 0.717) is 12.5 Å². The van der Waals surface area contributed by atoms with Gasteiger partial charge in [0.15, 0.2) is 0 Å². The fourth-order valence-electron chi connectivity index (χ4n) is 2.27. The van der Waals surface area contributed by atoms with Crippen LogP contribution in [0.15, 0.2) is 30.3 Å². The molecular weight excluding hydrogens is 240 g/mol.